The Balaban J connectivity index is 2.94. The van der Waals surface area contributed by atoms with E-state index in [0.717, 1.165) is 9.71 Å². The summed E-state index contributed by atoms with van der Waals surface area (Å²) in [5.41, 5.74) is 0. The van der Waals surface area contributed by atoms with E-state index in [1.54, 1.807) is 6.82 Å². The number of nitrogens with zero attached hydrogens (tertiary/aromatic N) is 2. The summed E-state index contributed by atoms with van der Waals surface area (Å²) in [6.45, 7) is 1.62. The molecule has 1 saturated heterocycles. The van der Waals surface area contributed by atoms with Gasteiger partial charge in [0.2, 0.25) is 31.0 Å². The van der Waals surface area contributed by atoms with Crippen LogP contribution in [-0.2, 0) is 19.2 Å². The van der Waals surface area contributed by atoms with Gasteiger partial charge in [-0.2, -0.15) is 0 Å². The molecule has 0 aromatic carbocycles. The molecule has 80 valence electrons. The Morgan fingerprint density at radius 1 is 0.933 bits per heavy atom. The Labute approximate surface area is 87.5 Å². The fourth-order valence-electron chi connectivity index (χ4n) is 1.32. The molecule has 0 aliphatic carbocycles. The smallest absolute Gasteiger partial charge is 0.246 e. The first-order valence-electron chi connectivity index (χ1n) is 4.60. The van der Waals surface area contributed by atoms with Gasteiger partial charge in [0.25, 0.3) is 0 Å². The number of carbonyl (C=O) groups excluding carboxylic acids is 4. The van der Waals surface area contributed by atoms with E-state index in [9.17, 15) is 19.2 Å². The summed E-state index contributed by atoms with van der Waals surface area (Å²) in [7, 11) is 1.45. The van der Waals surface area contributed by atoms with E-state index in [1.165, 1.54) is 7.05 Å². The van der Waals surface area contributed by atoms with Crippen LogP contribution >= 0.6 is 0 Å². The van der Waals surface area contributed by atoms with Crippen molar-refractivity contribution in [1.29, 1.82) is 0 Å². The SMILES string of the molecule is CBN1C(=O)CC(=O)N(C)C(=O)CC1=O. The molecule has 0 spiro atoms. The highest BCUT2D eigenvalue weighted by Gasteiger charge is 2.31. The molecule has 0 unspecified atom stereocenters. The first kappa shape index (κ1) is 11.4. The van der Waals surface area contributed by atoms with Crippen LogP contribution in [0, 0.1) is 0 Å². The van der Waals surface area contributed by atoms with Crippen molar-refractivity contribution in [2.24, 2.45) is 0 Å². The molecule has 1 aliphatic heterocycles. The van der Waals surface area contributed by atoms with Crippen molar-refractivity contribution in [3.05, 3.63) is 0 Å². The van der Waals surface area contributed by atoms with Gasteiger partial charge in [-0.1, -0.05) is 6.82 Å². The van der Waals surface area contributed by atoms with Crippen LogP contribution in [0.3, 0.4) is 0 Å². The van der Waals surface area contributed by atoms with E-state index in [1.807, 2.05) is 0 Å². The minimum absolute atomic E-state index is 0.182. The third-order valence-electron chi connectivity index (χ3n) is 2.27. The maximum absolute atomic E-state index is 11.4. The largest absolute Gasteiger partial charge is 0.332 e. The van der Waals surface area contributed by atoms with Crippen LogP contribution in [-0.4, -0.2) is 47.8 Å². The van der Waals surface area contributed by atoms with Crippen LogP contribution in [0.5, 0.6) is 0 Å². The van der Waals surface area contributed by atoms with Crippen LogP contribution in [0.25, 0.3) is 0 Å². The van der Waals surface area contributed by atoms with Gasteiger partial charge in [0, 0.05) is 7.05 Å². The summed E-state index contributed by atoms with van der Waals surface area (Å²) in [6.07, 6.45) is -0.858. The second-order valence-electron chi connectivity index (χ2n) is 3.23. The number of carbonyl (C=O) groups is 4. The monoisotopic (exact) mass is 210 g/mol. The third-order valence-corrected chi connectivity index (χ3v) is 2.27. The molecule has 1 fully saturated rings. The molecular weight excluding hydrogens is 199 g/mol. The van der Waals surface area contributed by atoms with Crippen molar-refractivity contribution < 1.29 is 19.2 Å². The predicted octanol–water partition coefficient (Wildman–Crippen LogP) is -1.48. The highest BCUT2D eigenvalue weighted by Crippen LogP contribution is 2.06. The quantitative estimate of drug-likeness (QED) is 0.300. The molecule has 4 amide bonds. The molecule has 15 heavy (non-hydrogen) atoms. The molecule has 0 aromatic heterocycles. The summed E-state index contributed by atoms with van der Waals surface area (Å²) in [4.78, 5) is 47.2. The summed E-state index contributed by atoms with van der Waals surface area (Å²) in [6, 6.07) is 0. The van der Waals surface area contributed by atoms with Gasteiger partial charge in [0.05, 0.1) is 0 Å². The van der Waals surface area contributed by atoms with Crippen LogP contribution in [0.2, 0.25) is 6.82 Å². The summed E-state index contributed by atoms with van der Waals surface area (Å²) < 4.78 is 0. The predicted molar refractivity (Wildman–Crippen MR) is 51.9 cm³/mol. The van der Waals surface area contributed by atoms with Crippen molar-refractivity contribution in [2.45, 2.75) is 19.7 Å². The van der Waals surface area contributed by atoms with Crippen molar-refractivity contribution in [3.8, 4) is 0 Å². The van der Waals surface area contributed by atoms with E-state index in [4.69, 9.17) is 0 Å². The van der Waals surface area contributed by atoms with Crippen LogP contribution in [0.4, 0.5) is 0 Å². The zero-order chi connectivity index (χ0) is 11.6. The fraction of sp³-hybridized carbons (Fsp3) is 0.500. The van der Waals surface area contributed by atoms with E-state index in [0.29, 0.717) is 0 Å². The van der Waals surface area contributed by atoms with Gasteiger partial charge >= 0.3 is 0 Å². The molecule has 0 saturated carbocycles. The molecular formula is C8H11BN2O4. The van der Waals surface area contributed by atoms with Crippen LogP contribution in [0.1, 0.15) is 12.8 Å². The van der Waals surface area contributed by atoms with Gasteiger partial charge in [-0.25, -0.2) is 0 Å². The molecule has 6 nitrogen and oxygen atoms in total. The Hall–Kier alpha value is -1.66. The Morgan fingerprint density at radius 3 is 1.67 bits per heavy atom. The van der Waals surface area contributed by atoms with E-state index >= 15 is 0 Å². The summed E-state index contributed by atoms with van der Waals surface area (Å²) in [5.74, 6) is -2.24. The molecule has 0 radical (unpaired) electrons. The first-order chi connectivity index (χ1) is 6.97. The highest BCUT2D eigenvalue weighted by atomic mass is 16.2. The number of amides is 4. The lowest BCUT2D eigenvalue weighted by atomic mass is 9.93. The number of hydrogen-bond acceptors (Lipinski definition) is 4. The molecule has 0 N–H and O–H groups in total. The molecule has 1 aliphatic rings. The average molecular weight is 210 g/mol. The van der Waals surface area contributed by atoms with E-state index in [2.05, 4.69) is 0 Å². The molecule has 1 rings (SSSR count). The van der Waals surface area contributed by atoms with Gasteiger partial charge < -0.3 is 4.81 Å². The highest BCUT2D eigenvalue weighted by molar-refractivity contribution is 6.42. The van der Waals surface area contributed by atoms with Gasteiger partial charge in [-0.05, 0) is 0 Å². The lowest BCUT2D eigenvalue weighted by Crippen LogP contribution is -2.47. The first-order valence-corrected chi connectivity index (χ1v) is 4.60. The second kappa shape index (κ2) is 4.25. The molecule has 0 bridgehead atoms. The number of hydrogen-bond donors (Lipinski definition) is 0. The Morgan fingerprint density at radius 2 is 1.33 bits per heavy atom. The van der Waals surface area contributed by atoms with Crippen molar-refractivity contribution in [1.82, 2.24) is 9.71 Å². The molecule has 7 heteroatoms. The summed E-state index contributed by atoms with van der Waals surface area (Å²) >= 11 is 0. The van der Waals surface area contributed by atoms with Gasteiger partial charge in [-0.3, -0.25) is 24.1 Å². The lowest BCUT2D eigenvalue weighted by Gasteiger charge is -2.24. The molecule has 0 aromatic rings. The topological polar surface area (TPSA) is 74.8 Å². The Kier molecular flexibility index (Phi) is 3.23. The number of rotatable bonds is 1. The third kappa shape index (κ3) is 2.23. The average Bonchev–Trinajstić information content (AvgIpc) is 2.16. The van der Waals surface area contributed by atoms with Crippen molar-refractivity contribution in [3.63, 3.8) is 0 Å². The minimum atomic E-state index is -0.573. The van der Waals surface area contributed by atoms with Gasteiger partial charge in [0.1, 0.15) is 12.8 Å². The summed E-state index contributed by atoms with van der Waals surface area (Å²) in [5, 5.41) is 0. The maximum Gasteiger partial charge on any atom is 0.246 e. The lowest BCUT2D eigenvalue weighted by molar-refractivity contribution is -0.151. The van der Waals surface area contributed by atoms with Crippen LogP contribution < -0.4 is 0 Å². The zero-order valence-electron chi connectivity index (χ0n) is 8.65. The maximum atomic E-state index is 11.4. The second-order valence-corrected chi connectivity index (χ2v) is 3.23. The fourth-order valence-corrected chi connectivity index (χ4v) is 1.32. The normalized spacial score (nSPS) is 19.1. The van der Waals surface area contributed by atoms with Crippen molar-refractivity contribution >= 4 is 31.0 Å². The van der Waals surface area contributed by atoms with E-state index < -0.39 is 36.5 Å². The van der Waals surface area contributed by atoms with Crippen LogP contribution in [0.15, 0.2) is 0 Å². The Bertz CT molecular complexity index is 312. The van der Waals surface area contributed by atoms with Gasteiger partial charge in [-0.15, -0.1) is 0 Å². The van der Waals surface area contributed by atoms with E-state index in [-0.39, 0.29) is 7.41 Å². The minimum Gasteiger partial charge on any atom is -0.332 e. The standard InChI is InChI=1S/C8H11BN2O4/c1-9-11-7(14)3-5(12)10(2)6(13)4-8(11)15/h9H,3-4H2,1-2H3. The van der Waals surface area contributed by atoms with Gasteiger partial charge in [0.15, 0.2) is 0 Å². The molecule has 0 atom stereocenters. The molecule has 1 heterocycles. The van der Waals surface area contributed by atoms with Crippen molar-refractivity contribution in [2.75, 3.05) is 7.05 Å². The zero-order valence-corrected chi connectivity index (χ0v) is 8.65. The number of imide groups is 2.